The van der Waals surface area contributed by atoms with E-state index in [9.17, 15) is 4.79 Å². The Balaban J connectivity index is 3.25. The number of rotatable bonds is 14. The molecule has 0 aliphatic carbocycles. The molecule has 0 radical (unpaired) electrons. The summed E-state index contributed by atoms with van der Waals surface area (Å²) < 4.78 is 21.1. The summed E-state index contributed by atoms with van der Waals surface area (Å²) in [5.41, 5.74) is 4.85. The van der Waals surface area contributed by atoms with Crippen LogP contribution in [0, 0.1) is 5.41 Å². The fraction of sp³-hybridized carbons (Fsp3) is 0.933. The Bertz CT molecular complexity index is 258. The molecule has 0 amide bonds. The minimum Gasteiger partial charge on any atom is -0.463 e. The van der Waals surface area contributed by atoms with Crippen LogP contribution in [0.4, 0.5) is 0 Å². The molecule has 0 aromatic rings. The zero-order chi connectivity index (χ0) is 16.0. The van der Waals surface area contributed by atoms with Crippen molar-refractivity contribution in [2.24, 2.45) is 11.1 Å². The number of hydrogen-bond acceptors (Lipinski definition) is 6. The van der Waals surface area contributed by atoms with Crippen molar-refractivity contribution in [3.63, 3.8) is 0 Å². The number of unbranched alkanes of at least 4 members (excludes halogenated alkanes) is 1. The molecule has 6 nitrogen and oxygen atoms in total. The maximum Gasteiger partial charge on any atom is 0.312 e. The number of ether oxygens (including phenoxy) is 4. The fourth-order valence-corrected chi connectivity index (χ4v) is 1.26. The fourth-order valence-electron chi connectivity index (χ4n) is 1.26. The van der Waals surface area contributed by atoms with Crippen LogP contribution in [0.3, 0.4) is 0 Å². The van der Waals surface area contributed by atoms with Crippen LogP contribution < -0.4 is 5.73 Å². The monoisotopic (exact) mass is 305 g/mol. The summed E-state index contributed by atoms with van der Waals surface area (Å²) in [5.74, 6) is -0.297. The normalized spacial score (nSPS) is 11.6. The Morgan fingerprint density at radius 3 is 1.86 bits per heavy atom. The first-order chi connectivity index (χ1) is 10.0. The van der Waals surface area contributed by atoms with Crippen LogP contribution in [0.2, 0.25) is 0 Å². The highest BCUT2D eigenvalue weighted by Gasteiger charge is 2.27. The first-order valence-corrected chi connectivity index (χ1v) is 7.65. The Morgan fingerprint density at radius 2 is 1.38 bits per heavy atom. The molecule has 0 aliphatic rings. The maximum absolute atomic E-state index is 11.6. The van der Waals surface area contributed by atoms with Gasteiger partial charge in [-0.05, 0) is 20.3 Å². The highest BCUT2D eigenvalue weighted by atomic mass is 16.6. The first-order valence-electron chi connectivity index (χ1n) is 7.65. The van der Waals surface area contributed by atoms with E-state index < -0.39 is 5.41 Å². The van der Waals surface area contributed by atoms with E-state index in [2.05, 4.69) is 6.92 Å². The molecule has 0 fully saturated rings. The topological polar surface area (TPSA) is 80.0 Å². The Hall–Kier alpha value is -0.690. The number of hydrogen-bond donors (Lipinski definition) is 1. The van der Waals surface area contributed by atoms with Gasteiger partial charge in [0.15, 0.2) is 0 Å². The first kappa shape index (κ1) is 20.3. The average molecular weight is 305 g/mol. The lowest BCUT2D eigenvalue weighted by Gasteiger charge is -2.19. The van der Waals surface area contributed by atoms with Crippen LogP contribution in [0.1, 0.15) is 33.6 Å². The molecule has 6 heteroatoms. The summed E-state index contributed by atoms with van der Waals surface area (Å²) in [4.78, 5) is 11.6. The van der Waals surface area contributed by atoms with Crippen LogP contribution >= 0.6 is 0 Å². The molecule has 21 heavy (non-hydrogen) atoms. The summed E-state index contributed by atoms with van der Waals surface area (Å²) in [6.45, 7) is 9.49. The molecule has 0 saturated carbocycles. The van der Waals surface area contributed by atoms with Gasteiger partial charge in [-0.15, -0.1) is 0 Å². The highest BCUT2D eigenvalue weighted by molar-refractivity contribution is 5.76. The van der Waals surface area contributed by atoms with E-state index in [0.717, 1.165) is 19.4 Å². The number of carbonyl (C=O) groups is 1. The molecular formula is C15H31NO5. The van der Waals surface area contributed by atoms with Crippen molar-refractivity contribution in [3.05, 3.63) is 0 Å². The van der Waals surface area contributed by atoms with Gasteiger partial charge in [0.2, 0.25) is 0 Å². The highest BCUT2D eigenvalue weighted by Crippen LogP contribution is 2.14. The third-order valence-corrected chi connectivity index (χ3v) is 2.91. The molecule has 126 valence electrons. The second-order valence-corrected chi connectivity index (χ2v) is 5.41. The van der Waals surface area contributed by atoms with Gasteiger partial charge in [0.05, 0.1) is 38.4 Å². The van der Waals surface area contributed by atoms with Crippen molar-refractivity contribution in [1.82, 2.24) is 0 Å². The van der Waals surface area contributed by atoms with Gasteiger partial charge < -0.3 is 24.7 Å². The quantitative estimate of drug-likeness (QED) is 0.385. The van der Waals surface area contributed by atoms with E-state index in [1.165, 1.54) is 0 Å². The summed E-state index contributed by atoms with van der Waals surface area (Å²) in [6, 6.07) is 0. The van der Waals surface area contributed by atoms with Crippen LogP contribution in [-0.2, 0) is 23.7 Å². The molecular weight excluding hydrogens is 274 g/mol. The molecule has 0 saturated heterocycles. The number of esters is 1. The van der Waals surface area contributed by atoms with E-state index in [1.54, 1.807) is 13.8 Å². The molecule has 0 spiro atoms. The Kier molecular flexibility index (Phi) is 12.6. The zero-order valence-corrected chi connectivity index (χ0v) is 13.7. The van der Waals surface area contributed by atoms with E-state index in [0.29, 0.717) is 33.0 Å². The molecule has 0 aromatic heterocycles. The SMILES string of the molecule is CCCCOCCOCCOCCOC(=O)C(C)(C)CN. The lowest BCUT2D eigenvalue weighted by atomic mass is 9.94. The van der Waals surface area contributed by atoms with Crippen molar-refractivity contribution >= 4 is 5.97 Å². The smallest absolute Gasteiger partial charge is 0.312 e. The largest absolute Gasteiger partial charge is 0.463 e. The molecule has 2 N–H and O–H groups in total. The van der Waals surface area contributed by atoms with Gasteiger partial charge in [-0.25, -0.2) is 0 Å². The molecule has 0 aromatic carbocycles. The Labute approximate surface area is 128 Å². The third kappa shape index (κ3) is 11.6. The van der Waals surface area contributed by atoms with Crippen molar-refractivity contribution in [3.8, 4) is 0 Å². The van der Waals surface area contributed by atoms with E-state index in [1.807, 2.05) is 0 Å². The van der Waals surface area contributed by atoms with Crippen molar-refractivity contribution in [2.75, 3.05) is 52.8 Å². The van der Waals surface area contributed by atoms with Gasteiger partial charge in [-0.2, -0.15) is 0 Å². The van der Waals surface area contributed by atoms with Crippen molar-refractivity contribution in [2.45, 2.75) is 33.6 Å². The van der Waals surface area contributed by atoms with Crippen molar-refractivity contribution < 1.29 is 23.7 Å². The number of nitrogens with two attached hydrogens (primary N) is 1. The van der Waals surface area contributed by atoms with Crippen molar-refractivity contribution in [1.29, 1.82) is 0 Å². The van der Waals surface area contributed by atoms with E-state index in [4.69, 9.17) is 24.7 Å². The third-order valence-electron chi connectivity index (χ3n) is 2.91. The molecule has 0 unspecified atom stereocenters. The van der Waals surface area contributed by atoms with Crippen LogP contribution in [0.25, 0.3) is 0 Å². The van der Waals surface area contributed by atoms with E-state index in [-0.39, 0.29) is 19.1 Å². The summed E-state index contributed by atoms with van der Waals surface area (Å²) in [7, 11) is 0. The second-order valence-electron chi connectivity index (χ2n) is 5.41. The minimum atomic E-state index is -0.638. The van der Waals surface area contributed by atoms with Gasteiger partial charge >= 0.3 is 5.97 Å². The van der Waals surface area contributed by atoms with Crippen LogP contribution in [0.15, 0.2) is 0 Å². The summed E-state index contributed by atoms with van der Waals surface area (Å²) in [5, 5.41) is 0. The standard InChI is InChI=1S/C15H31NO5/c1-4-5-6-18-7-8-19-9-10-20-11-12-21-14(17)15(2,3)13-16/h4-13,16H2,1-3H3. The maximum atomic E-state index is 11.6. The molecule has 0 bridgehead atoms. The van der Waals surface area contributed by atoms with E-state index >= 15 is 0 Å². The summed E-state index contributed by atoms with van der Waals surface area (Å²) >= 11 is 0. The lowest BCUT2D eigenvalue weighted by molar-refractivity contribution is -0.155. The zero-order valence-electron chi connectivity index (χ0n) is 13.7. The Morgan fingerprint density at radius 1 is 0.905 bits per heavy atom. The van der Waals surface area contributed by atoms with Gasteiger partial charge in [-0.1, -0.05) is 13.3 Å². The molecule has 0 heterocycles. The van der Waals surface area contributed by atoms with Crippen LogP contribution in [-0.4, -0.2) is 58.8 Å². The summed E-state index contributed by atoms with van der Waals surface area (Å²) in [6.07, 6.45) is 2.23. The molecule has 0 aliphatic heterocycles. The minimum absolute atomic E-state index is 0.238. The predicted molar refractivity (Wildman–Crippen MR) is 81.2 cm³/mol. The van der Waals surface area contributed by atoms with Gasteiger partial charge in [0.1, 0.15) is 6.61 Å². The van der Waals surface area contributed by atoms with Gasteiger partial charge in [0, 0.05) is 13.2 Å². The second kappa shape index (κ2) is 13.0. The number of carbonyl (C=O) groups excluding carboxylic acids is 1. The predicted octanol–water partition coefficient (Wildman–Crippen LogP) is 1.36. The lowest BCUT2D eigenvalue weighted by Crippen LogP contribution is -2.34. The average Bonchev–Trinajstić information content (AvgIpc) is 2.48. The van der Waals surface area contributed by atoms with Crippen LogP contribution in [0.5, 0.6) is 0 Å². The van der Waals surface area contributed by atoms with Gasteiger partial charge in [0.25, 0.3) is 0 Å². The molecule has 0 rings (SSSR count). The molecule has 0 atom stereocenters. The van der Waals surface area contributed by atoms with Gasteiger partial charge in [-0.3, -0.25) is 4.79 Å².